The molecule has 1 aromatic heterocycles. The van der Waals surface area contributed by atoms with E-state index in [9.17, 15) is 0 Å². The Morgan fingerprint density at radius 1 is 1.37 bits per heavy atom. The highest BCUT2D eigenvalue weighted by Gasteiger charge is 2.11. The molecule has 0 spiro atoms. The fourth-order valence-electron chi connectivity index (χ4n) is 1.54. The summed E-state index contributed by atoms with van der Waals surface area (Å²) in [7, 11) is 3.72. The predicted octanol–water partition coefficient (Wildman–Crippen LogP) is 1.42. The van der Waals surface area contributed by atoms with Crippen LogP contribution in [0.3, 0.4) is 0 Å². The molecule has 0 unspecified atom stereocenters. The molecule has 1 aromatic carbocycles. The van der Waals surface area contributed by atoms with Crippen LogP contribution >= 0.6 is 0 Å². The quantitative estimate of drug-likeness (QED) is 0.611. The molecule has 19 heavy (non-hydrogen) atoms. The molecule has 0 N–H and O–H groups in total. The molecule has 6 heteroatoms. The van der Waals surface area contributed by atoms with Gasteiger partial charge in [0.1, 0.15) is 6.07 Å². The van der Waals surface area contributed by atoms with E-state index in [1.807, 2.05) is 50.5 Å². The maximum absolute atomic E-state index is 9.01. The second-order valence-electron chi connectivity index (χ2n) is 4.22. The van der Waals surface area contributed by atoms with E-state index in [0.717, 1.165) is 5.56 Å². The summed E-state index contributed by atoms with van der Waals surface area (Å²) in [6.07, 6.45) is 1.63. The number of nitriles is 1. The van der Waals surface area contributed by atoms with E-state index in [0.29, 0.717) is 12.4 Å². The highest BCUT2D eigenvalue weighted by atomic mass is 15.5. The van der Waals surface area contributed by atoms with Crippen molar-refractivity contribution in [3.63, 3.8) is 0 Å². The molecule has 1 heterocycles. The molecule has 0 saturated carbocycles. The first-order valence-corrected chi connectivity index (χ1v) is 5.79. The number of hydrogen-bond donors (Lipinski definition) is 0. The summed E-state index contributed by atoms with van der Waals surface area (Å²) < 4.78 is 1.62. The Bertz CT molecular complexity index is 606. The fourth-order valence-corrected chi connectivity index (χ4v) is 1.54. The lowest BCUT2D eigenvalue weighted by molar-refractivity contribution is 0.634. The number of nitrogens with zero attached hydrogens (tertiary/aromatic N) is 6. The molecule has 2 rings (SSSR count). The third-order valence-electron chi connectivity index (χ3n) is 2.40. The minimum absolute atomic E-state index is 0.231. The average molecular weight is 254 g/mol. The summed E-state index contributed by atoms with van der Waals surface area (Å²) in [5.74, 6) is 0.472. The van der Waals surface area contributed by atoms with Crippen LogP contribution in [0.1, 0.15) is 11.3 Å². The number of aliphatic imine (C=N–C) groups is 1. The fraction of sp³-hybridized carbons (Fsp3) is 0.231. The van der Waals surface area contributed by atoms with Crippen molar-refractivity contribution in [2.24, 2.45) is 4.99 Å². The first-order chi connectivity index (χ1) is 9.20. The van der Waals surface area contributed by atoms with E-state index in [1.165, 1.54) is 0 Å². The SMILES string of the molecule is CN(C)/C=N\c1c(C#N)nnn1Cc1ccccc1. The molecule has 0 aliphatic rings. The van der Waals surface area contributed by atoms with Gasteiger partial charge in [0.15, 0.2) is 5.82 Å². The predicted molar refractivity (Wildman–Crippen MR) is 72.1 cm³/mol. The third-order valence-corrected chi connectivity index (χ3v) is 2.40. The van der Waals surface area contributed by atoms with E-state index in [-0.39, 0.29) is 5.69 Å². The van der Waals surface area contributed by atoms with Gasteiger partial charge in [-0.1, -0.05) is 35.5 Å². The topological polar surface area (TPSA) is 70.1 Å². The molecule has 0 bridgehead atoms. The van der Waals surface area contributed by atoms with Gasteiger partial charge in [0.25, 0.3) is 0 Å². The van der Waals surface area contributed by atoms with E-state index >= 15 is 0 Å². The molecule has 0 aliphatic carbocycles. The van der Waals surface area contributed by atoms with E-state index in [2.05, 4.69) is 15.3 Å². The van der Waals surface area contributed by atoms with Gasteiger partial charge in [-0.05, 0) is 5.56 Å². The highest BCUT2D eigenvalue weighted by Crippen LogP contribution is 2.16. The van der Waals surface area contributed by atoms with Crippen LogP contribution in [-0.2, 0) is 6.54 Å². The van der Waals surface area contributed by atoms with Crippen LogP contribution in [0.4, 0.5) is 5.82 Å². The molecule has 96 valence electrons. The molecule has 0 fully saturated rings. The van der Waals surface area contributed by atoms with Crippen molar-refractivity contribution in [2.75, 3.05) is 14.1 Å². The molecule has 0 radical (unpaired) electrons. The molecule has 0 atom stereocenters. The van der Waals surface area contributed by atoms with Gasteiger partial charge in [0.05, 0.1) is 12.9 Å². The van der Waals surface area contributed by atoms with Gasteiger partial charge in [-0.3, -0.25) is 0 Å². The smallest absolute Gasteiger partial charge is 0.209 e. The maximum atomic E-state index is 9.01. The van der Waals surface area contributed by atoms with Gasteiger partial charge in [0.2, 0.25) is 5.69 Å². The lowest BCUT2D eigenvalue weighted by Crippen LogP contribution is -2.08. The zero-order chi connectivity index (χ0) is 13.7. The molecular weight excluding hydrogens is 240 g/mol. The minimum atomic E-state index is 0.231. The van der Waals surface area contributed by atoms with Crippen LogP contribution in [0, 0.1) is 11.3 Å². The van der Waals surface area contributed by atoms with Crippen molar-refractivity contribution >= 4 is 12.2 Å². The lowest BCUT2D eigenvalue weighted by atomic mass is 10.2. The summed E-state index contributed by atoms with van der Waals surface area (Å²) in [6, 6.07) is 11.9. The van der Waals surface area contributed by atoms with Gasteiger partial charge < -0.3 is 4.90 Å². The van der Waals surface area contributed by atoms with Crippen LogP contribution in [0.5, 0.6) is 0 Å². The second kappa shape index (κ2) is 5.78. The normalized spacial score (nSPS) is 10.6. The van der Waals surface area contributed by atoms with Crippen molar-refractivity contribution in [1.29, 1.82) is 5.26 Å². The first kappa shape index (κ1) is 12.8. The molecule has 6 nitrogen and oxygen atoms in total. The van der Waals surface area contributed by atoms with E-state index in [1.54, 1.807) is 15.9 Å². The Hall–Kier alpha value is -2.68. The van der Waals surface area contributed by atoms with Gasteiger partial charge in [0, 0.05) is 14.1 Å². The average Bonchev–Trinajstić information content (AvgIpc) is 2.79. The summed E-state index contributed by atoms with van der Waals surface area (Å²) in [5, 5.41) is 16.8. The summed E-state index contributed by atoms with van der Waals surface area (Å²) in [6.45, 7) is 0.537. The van der Waals surface area contributed by atoms with Crippen LogP contribution in [0.2, 0.25) is 0 Å². The van der Waals surface area contributed by atoms with Crippen LogP contribution in [-0.4, -0.2) is 40.3 Å². The zero-order valence-electron chi connectivity index (χ0n) is 10.9. The highest BCUT2D eigenvalue weighted by molar-refractivity contribution is 5.61. The molecule has 2 aromatic rings. The summed E-state index contributed by atoms with van der Waals surface area (Å²) >= 11 is 0. The lowest BCUT2D eigenvalue weighted by Gasteiger charge is -2.05. The van der Waals surface area contributed by atoms with Crippen LogP contribution in [0.25, 0.3) is 0 Å². The van der Waals surface area contributed by atoms with Gasteiger partial charge in [-0.25, -0.2) is 9.67 Å². The first-order valence-electron chi connectivity index (χ1n) is 5.79. The van der Waals surface area contributed by atoms with Gasteiger partial charge >= 0.3 is 0 Å². The minimum Gasteiger partial charge on any atom is -0.369 e. The molecule has 0 amide bonds. The van der Waals surface area contributed by atoms with Crippen molar-refractivity contribution in [3.05, 3.63) is 41.6 Å². The Kier molecular flexibility index (Phi) is 3.88. The van der Waals surface area contributed by atoms with Crippen LogP contribution in [0.15, 0.2) is 35.3 Å². The molecule has 0 aliphatic heterocycles. The summed E-state index contributed by atoms with van der Waals surface area (Å²) in [5.41, 5.74) is 1.31. The Labute approximate surface area is 111 Å². The van der Waals surface area contributed by atoms with Gasteiger partial charge in [-0.15, -0.1) is 5.10 Å². The van der Waals surface area contributed by atoms with Crippen molar-refractivity contribution < 1.29 is 0 Å². The number of benzene rings is 1. The Morgan fingerprint density at radius 2 is 2.11 bits per heavy atom. The van der Waals surface area contributed by atoms with Crippen molar-refractivity contribution in [3.8, 4) is 6.07 Å². The molecular formula is C13H14N6. The second-order valence-corrected chi connectivity index (χ2v) is 4.22. The standard InChI is InChI=1S/C13H14N6/c1-18(2)10-15-13-12(8-14)16-17-19(13)9-11-6-4-3-5-7-11/h3-7,10H,9H2,1-2H3/b15-10-. The van der Waals surface area contributed by atoms with E-state index in [4.69, 9.17) is 5.26 Å². The maximum Gasteiger partial charge on any atom is 0.209 e. The van der Waals surface area contributed by atoms with E-state index < -0.39 is 0 Å². The largest absolute Gasteiger partial charge is 0.369 e. The van der Waals surface area contributed by atoms with Gasteiger partial charge in [-0.2, -0.15) is 5.26 Å². The zero-order valence-corrected chi connectivity index (χ0v) is 10.9. The Balaban J connectivity index is 2.31. The van der Waals surface area contributed by atoms with Crippen molar-refractivity contribution in [2.45, 2.75) is 6.54 Å². The molecule has 0 saturated heterocycles. The van der Waals surface area contributed by atoms with Crippen molar-refractivity contribution in [1.82, 2.24) is 19.9 Å². The number of rotatable bonds is 4. The number of hydrogen-bond acceptors (Lipinski definition) is 4. The van der Waals surface area contributed by atoms with Crippen LogP contribution < -0.4 is 0 Å². The number of aromatic nitrogens is 3. The monoisotopic (exact) mass is 254 g/mol. The Morgan fingerprint density at radius 3 is 2.74 bits per heavy atom. The summed E-state index contributed by atoms with van der Waals surface area (Å²) in [4.78, 5) is 6.04. The third kappa shape index (κ3) is 3.16.